The molecule has 0 aliphatic carbocycles. The Morgan fingerprint density at radius 2 is 1.71 bits per heavy atom. The molecule has 182 valence electrons. The largest absolute Gasteiger partial charge is 0.507 e. The van der Waals surface area contributed by atoms with Crippen LogP contribution in [0.1, 0.15) is 49.1 Å². The molecular formula is C28H29NO6. The summed E-state index contributed by atoms with van der Waals surface area (Å²) >= 11 is 0. The number of benzene rings is 2. The number of likely N-dealkylation sites (tertiary alicyclic amines) is 1. The lowest BCUT2D eigenvalue weighted by molar-refractivity contribution is -0.140. The van der Waals surface area contributed by atoms with Gasteiger partial charge < -0.3 is 23.9 Å². The highest BCUT2D eigenvalue weighted by Gasteiger charge is 2.46. The van der Waals surface area contributed by atoms with Crippen LogP contribution >= 0.6 is 0 Å². The van der Waals surface area contributed by atoms with E-state index >= 15 is 0 Å². The van der Waals surface area contributed by atoms with Crippen molar-refractivity contribution in [3.05, 3.63) is 89.4 Å². The molecule has 2 heterocycles. The molecule has 7 nitrogen and oxygen atoms in total. The summed E-state index contributed by atoms with van der Waals surface area (Å²) in [5.74, 6) is 0.195. The van der Waals surface area contributed by atoms with Crippen molar-refractivity contribution in [2.75, 3.05) is 13.7 Å². The number of nitrogens with zero attached hydrogens (tertiary/aromatic N) is 1. The van der Waals surface area contributed by atoms with E-state index in [0.717, 1.165) is 19.3 Å². The topological polar surface area (TPSA) is 89.2 Å². The summed E-state index contributed by atoms with van der Waals surface area (Å²) in [6, 6.07) is 16.7. The number of ketones is 1. The first kappa shape index (κ1) is 24.1. The van der Waals surface area contributed by atoms with Gasteiger partial charge >= 0.3 is 0 Å². The first-order valence-corrected chi connectivity index (χ1v) is 11.7. The summed E-state index contributed by atoms with van der Waals surface area (Å²) in [7, 11) is 1.55. The van der Waals surface area contributed by atoms with Crippen LogP contribution in [-0.2, 0) is 16.1 Å². The maximum atomic E-state index is 13.1. The van der Waals surface area contributed by atoms with Crippen molar-refractivity contribution in [2.24, 2.45) is 0 Å². The summed E-state index contributed by atoms with van der Waals surface area (Å²) in [6.45, 7) is 2.86. The highest BCUT2D eigenvalue weighted by Crippen LogP contribution is 2.40. The zero-order chi connectivity index (χ0) is 24.8. The number of unbranched alkanes of at least 4 members (excludes halogenated alkanes) is 2. The molecule has 1 fully saturated rings. The van der Waals surface area contributed by atoms with Crippen LogP contribution in [0.3, 0.4) is 0 Å². The summed E-state index contributed by atoms with van der Waals surface area (Å²) < 4.78 is 16.4. The lowest BCUT2D eigenvalue weighted by atomic mass is 9.95. The Hall–Kier alpha value is -4.00. The SMILES string of the molecule is CCCCCOc1ccc(C2/C(=C(\O)c3ccc(OC)cc3)C(=O)C(=O)N2Cc2ccco2)cc1. The van der Waals surface area contributed by atoms with E-state index in [4.69, 9.17) is 13.9 Å². The minimum absolute atomic E-state index is 0.0309. The Bertz CT molecular complexity index is 1180. The molecule has 35 heavy (non-hydrogen) atoms. The molecule has 4 rings (SSSR count). The Balaban J connectivity index is 1.71. The number of aliphatic hydroxyl groups excluding tert-OH is 1. The third-order valence-electron chi connectivity index (χ3n) is 6.02. The maximum Gasteiger partial charge on any atom is 0.296 e. The number of Topliss-reactive ketones (excluding diaryl/α,β-unsaturated/α-hetero) is 1. The molecule has 1 atom stereocenters. The van der Waals surface area contributed by atoms with Crippen molar-refractivity contribution in [1.82, 2.24) is 4.90 Å². The number of amides is 1. The predicted octanol–water partition coefficient (Wildman–Crippen LogP) is 5.48. The van der Waals surface area contributed by atoms with Crippen molar-refractivity contribution >= 4 is 17.4 Å². The number of rotatable bonds is 10. The first-order valence-electron chi connectivity index (χ1n) is 11.7. The van der Waals surface area contributed by atoms with E-state index in [1.54, 1.807) is 43.5 Å². The van der Waals surface area contributed by atoms with Crippen LogP contribution in [0.25, 0.3) is 5.76 Å². The first-order chi connectivity index (χ1) is 17.0. The minimum Gasteiger partial charge on any atom is -0.507 e. The molecule has 0 bridgehead atoms. The van der Waals surface area contributed by atoms with Crippen LogP contribution in [0.15, 0.2) is 76.9 Å². The zero-order valence-electron chi connectivity index (χ0n) is 19.9. The third kappa shape index (κ3) is 5.24. The maximum absolute atomic E-state index is 13.1. The Kier molecular flexibility index (Phi) is 7.55. The summed E-state index contributed by atoms with van der Waals surface area (Å²) in [4.78, 5) is 27.6. The molecule has 0 radical (unpaired) electrons. The Morgan fingerprint density at radius 1 is 1.00 bits per heavy atom. The molecule has 1 aliphatic rings. The molecule has 1 aliphatic heterocycles. The monoisotopic (exact) mass is 475 g/mol. The number of ether oxygens (including phenoxy) is 2. The highest BCUT2D eigenvalue weighted by atomic mass is 16.5. The van der Waals surface area contributed by atoms with Gasteiger partial charge in [0.25, 0.3) is 11.7 Å². The van der Waals surface area contributed by atoms with Gasteiger partial charge in [0.2, 0.25) is 0 Å². The van der Waals surface area contributed by atoms with Crippen molar-refractivity contribution in [1.29, 1.82) is 0 Å². The lowest BCUT2D eigenvalue weighted by Crippen LogP contribution is -2.29. The minimum atomic E-state index is -0.781. The van der Waals surface area contributed by atoms with Gasteiger partial charge in [0, 0.05) is 5.56 Å². The normalized spacial score (nSPS) is 17.1. The fourth-order valence-electron chi connectivity index (χ4n) is 4.15. The fourth-order valence-corrected chi connectivity index (χ4v) is 4.15. The molecule has 3 aromatic rings. The second-order valence-electron chi connectivity index (χ2n) is 8.36. The second kappa shape index (κ2) is 11.0. The molecule has 1 aromatic heterocycles. The van der Waals surface area contributed by atoms with E-state index in [-0.39, 0.29) is 17.9 Å². The van der Waals surface area contributed by atoms with Crippen molar-refractivity contribution in [3.63, 3.8) is 0 Å². The number of methoxy groups -OCH3 is 1. The molecular weight excluding hydrogens is 446 g/mol. The molecule has 1 unspecified atom stereocenters. The van der Waals surface area contributed by atoms with Gasteiger partial charge in [-0.25, -0.2) is 0 Å². The van der Waals surface area contributed by atoms with E-state index in [9.17, 15) is 14.7 Å². The number of furan rings is 1. The van der Waals surface area contributed by atoms with Gasteiger partial charge in [0.15, 0.2) is 0 Å². The average Bonchev–Trinajstić information content (AvgIpc) is 3.49. The molecule has 1 saturated heterocycles. The fraction of sp³-hybridized carbons (Fsp3) is 0.286. The van der Waals surface area contributed by atoms with Gasteiger partial charge in [0.05, 0.1) is 38.1 Å². The van der Waals surface area contributed by atoms with Gasteiger partial charge in [-0.15, -0.1) is 0 Å². The van der Waals surface area contributed by atoms with E-state index in [2.05, 4.69) is 6.92 Å². The highest BCUT2D eigenvalue weighted by molar-refractivity contribution is 6.46. The number of carbonyl (C=O) groups is 2. The van der Waals surface area contributed by atoms with Gasteiger partial charge in [-0.3, -0.25) is 9.59 Å². The molecule has 1 N–H and O–H groups in total. The van der Waals surface area contributed by atoms with Crippen LogP contribution in [0.2, 0.25) is 0 Å². The standard InChI is InChI=1S/C28H29NO6/c1-3-4-5-16-34-22-14-8-19(9-15-22)25-24(26(30)20-10-12-21(33-2)13-11-20)27(31)28(32)29(25)18-23-7-6-17-35-23/h6-15,17,25,30H,3-5,16,18H2,1-2H3/b26-24+. The summed E-state index contributed by atoms with van der Waals surface area (Å²) in [5.41, 5.74) is 1.14. The van der Waals surface area contributed by atoms with Gasteiger partial charge in [0.1, 0.15) is 23.0 Å². The van der Waals surface area contributed by atoms with E-state index in [1.807, 2.05) is 24.3 Å². The van der Waals surface area contributed by atoms with Gasteiger partial charge in [-0.1, -0.05) is 31.9 Å². The van der Waals surface area contributed by atoms with Gasteiger partial charge in [-0.05, 0) is 60.5 Å². The van der Waals surface area contributed by atoms with E-state index < -0.39 is 17.7 Å². The second-order valence-corrected chi connectivity index (χ2v) is 8.36. The Morgan fingerprint density at radius 3 is 2.34 bits per heavy atom. The van der Waals surface area contributed by atoms with Crippen LogP contribution in [0, 0.1) is 0 Å². The molecule has 7 heteroatoms. The number of carbonyl (C=O) groups excluding carboxylic acids is 2. The third-order valence-corrected chi connectivity index (χ3v) is 6.02. The molecule has 0 saturated carbocycles. The van der Waals surface area contributed by atoms with Crippen LogP contribution in [0.4, 0.5) is 0 Å². The smallest absolute Gasteiger partial charge is 0.296 e. The van der Waals surface area contributed by atoms with Crippen LogP contribution in [0.5, 0.6) is 11.5 Å². The van der Waals surface area contributed by atoms with Crippen LogP contribution < -0.4 is 9.47 Å². The number of hydrogen-bond donors (Lipinski definition) is 1. The van der Waals surface area contributed by atoms with Gasteiger partial charge in [-0.2, -0.15) is 0 Å². The quantitative estimate of drug-likeness (QED) is 0.181. The summed E-state index contributed by atoms with van der Waals surface area (Å²) in [5, 5.41) is 11.2. The zero-order valence-corrected chi connectivity index (χ0v) is 19.9. The van der Waals surface area contributed by atoms with E-state index in [1.165, 1.54) is 11.2 Å². The lowest BCUT2D eigenvalue weighted by Gasteiger charge is -2.24. The van der Waals surface area contributed by atoms with Crippen LogP contribution in [-0.4, -0.2) is 35.4 Å². The predicted molar refractivity (Wildman–Crippen MR) is 131 cm³/mol. The number of aliphatic hydroxyl groups is 1. The molecule has 1 amide bonds. The van der Waals surface area contributed by atoms with Crippen molar-refractivity contribution in [3.8, 4) is 11.5 Å². The summed E-state index contributed by atoms with van der Waals surface area (Å²) in [6.07, 6.45) is 4.71. The molecule has 0 spiro atoms. The Labute approximate surface area is 204 Å². The van der Waals surface area contributed by atoms with Crippen molar-refractivity contribution in [2.45, 2.75) is 38.8 Å². The molecule has 2 aromatic carbocycles. The average molecular weight is 476 g/mol. The van der Waals surface area contributed by atoms with E-state index in [0.29, 0.717) is 35.0 Å². The number of hydrogen-bond acceptors (Lipinski definition) is 6. The van der Waals surface area contributed by atoms with Crippen molar-refractivity contribution < 1.29 is 28.6 Å².